The lowest BCUT2D eigenvalue weighted by atomic mass is 10.0. The Kier molecular flexibility index (Phi) is 3.82. The summed E-state index contributed by atoms with van der Waals surface area (Å²) < 4.78 is 0. The van der Waals surface area contributed by atoms with E-state index in [-0.39, 0.29) is 31.2 Å². The molecule has 1 rings (SSSR count). The van der Waals surface area contributed by atoms with Gasteiger partial charge >= 0.3 is 0 Å². The van der Waals surface area contributed by atoms with Gasteiger partial charge in [-0.15, -0.1) is 0 Å². The molecule has 0 aliphatic carbocycles. The minimum Gasteiger partial charge on any atom is -0.507 e. The second-order valence-electron chi connectivity index (χ2n) is 3.46. The van der Waals surface area contributed by atoms with Crippen molar-refractivity contribution >= 4 is 5.78 Å². The van der Waals surface area contributed by atoms with Crippen LogP contribution in [-0.2, 0) is 24.4 Å². The van der Waals surface area contributed by atoms with Gasteiger partial charge in [-0.1, -0.05) is 0 Å². The molecule has 0 aromatic heterocycles. The van der Waals surface area contributed by atoms with E-state index in [4.69, 9.17) is 10.2 Å². The number of aromatic hydroxyl groups is 1. The Labute approximate surface area is 87.8 Å². The lowest BCUT2D eigenvalue weighted by Gasteiger charge is -2.09. The van der Waals surface area contributed by atoms with Crippen LogP contribution in [0.25, 0.3) is 0 Å². The molecule has 15 heavy (non-hydrogen) atoms. The number of aliphatic hydroxyl groups excluding tert-OH is 2. The normalized spacial score (nSPS) is 10.3. The van der Waals surface area contributed by atoms with Gasteiger partial charge in [0.2, 0.25) is 0 Å². The first kappa shape index (κ1) is 11.7. The standard InChI is InChI=1S/C11H14O4/c1-7(14)2-8-3-9(5-12)11(15)10(4-8)6-13/h3-4,12-13,15H,2,5-6H2,1H3. The highest BCUT2D eigenvalue weighted by molar-refractivity contribution is 5.78. The summed E-state index contributed by atoms with van der Waals surface area (Å²) in [5.74, 6) is -0.110. The number of ketones is 1. The molecule has 0 bridgehead atoms. The zero-order chi connectivity index (χ0) is 11.4. The van der Waals surface area contributed by atoms with Crippen molar-refractivity contribution in [2.45, 2.75) is 26.6 Å². The summed E-state index contributed by atoms with van der Waals surface area (Å²) in [6.07, 6.45) is 0.236. The van der Waals surface area contributed by atoms with Crippen LogP contribution in [0.3, 0.4) is 0 Å². The molecular formula is C11H14O4. The Morgan fingerprint density at radius 1 is 1.20 bits per heavy atom. The Balaban J connectivity index is 3.14. The van der Waals surface area contributed by atoms with Crippen molar-refractivity contribution in [3.63, 3.8) is 0 Å². The number of hydrogen-bond donors (Lipinski definition) is 3. The van der Waals surface area contributed by atoms with Crippen LogP contribution in [0.15, 0.2) is 12.1 Å². The van der Waals surface area contributed by atoms with Gasteiger partial charge in [-0.3, -0.25) is 4.79 Å². The van der Waals surface area contributed by atoms with Gasteiger partial charge in [-0.25, -0.2) is 0 Å². The van der Waals surface area contributed by atoms with E-state index in [9.17, 15) is 9.90 Å². The molecule has 1 aromatic rings. The zero-order valence-corrected chi connectivity index (χ0v) is 8.53. The number of aliphatic hydroxyl groups is 2. The summed E-state index contributed by atoms with van der Waals surface area (Å²) in [6, 6.07) is 3.13. The molecule has 0 heterocycles. The van der Waals surface area contributed by atoms with E-state index in [1.807, 2.05) is 0 Å². The number of rotatable bonds is 4. The van der Waals surface area contributed by atoms with Gasteiger partial charge in [-0.05, 0) is 24.6 Å². The fourth-order valence-corrected chi connectivity index (χ4v) is 1.46. The van der Waals surface area contributed by atoms with E-state index < -0.39 is 0 Å². The highest BCUT2D eigenvalue weighted by Crippen LogP contribution is 2.25. The number of phenols is 1. The molecule has 0 saturated carbocycles. The average Bonchev–Trinajstić information content (AvgIpc) is 2.19. The van der Waals surface area contributed by atoms with Gasteiger partial charge in [0.15, 0.2) is 0 Å². The van der Waals surface area contributed by atoms with Crippen LogP contribution in [0, 0.1) is 0 Å². The molecule has 0 fully saturated rings. The molecule has 0 radical (unpaired) electrons. The quantitative estimate of drug-likeness (QED) is 0.676. The maximum absolute atomic E-state index is 10.9. The molecule has 0 aliphatic heterocycles. The molecule has 82 valence electrons. The Hall–Kier alpha value is -1.39. The molecule has 0 unspecified atom stereocenters. The second-order valence-corrected chi connectivity index (χ2v) is 3.46. The third kappa shape index (κ3) is 2.78. The van der Waals surface area contributed by atoms with Crippen molar-refractivity contribution in [3.8, 4) is 5.75 Å². The van der Waals surface area contributed by atoms with E-state index in [2.05, 4.69) is 0 Å². The molecule has 0 saturated heterocycles. The number of benzene rings is 1. The van der Waals surface area contributed by atoms with Crippen LogP contribution >= 0.6 is 0 Å². The van der Waals surface area contributed by atoms with Crippen LogP contribution in [-0.4, -0.2) is 21.1 Å². The highest BCUT2D eigenvalue weighted by atomic mass is 16.3. The topological polar surface area (TPSA) is 77.8 Å². The molecule has 0 spiro atoms. The van der Waals surface area contributed by atoms with Gasteiger partial charge in [0.25, 0.3) is 0 Å². The average molecular weight is 210 g/mol. The predicted octanol–water partition coefficient (Wildman–Crippen LogP) is 0.508. The SMILES string of the molecule is CC(=O)Cc1cc(CO)c(O)c(CO)c1. The molecular weight excluding hydrogens is 196 g/mol. The van der Waals surface area contributed by atoms with E-state index >= 15 is 0 Å². The van der Waals surface area contributed by atoms with Crippen LogP contribution in [0.2, 0.25) is 0 Å². The minimum atomic E-state index is -0.315. The van der Waals surface area contributed by atoms with Crippen molar-refractivity contribution in [1.29, 1.82) is 0 Å². The summed E-state index contributed by atoms with van der Waals surface area (Å²) in [5.41, 5.74) is 1.35. The van der Waals surface area contributed by atoms with Gasteiger partial charge < -0.3 is 15.3 Å². The number of hydrogen-bond acceptors (Lipinski definition) is 4. The Morgan fingerprint density at radius 2 is 1.67 bits per heavy atom. The summed E-state index contributed by atoms with van der Waals surface area (Å²) in [7, 11) is 0. The van der Waals surface area contributed by atoms with Gasteiger partial charge in [0.1, 0.15) is 11.5 Å². The lowest BCUT2D eigenvalue weighted by Crippen LogP contribution is -2.00. The monoisotopic (exact) mass is 210 g/mol. The Morgan fingerprint density at radius 3 is 2.00 bits per heavy atom. The minimum absolute atomic E-state index is 0.00605. The van der Waals surface area contributed by atoms with Crippen molar-refractivity contribution < 1.29 is 20.1 Å². The van der Waals surface area contributed by atoms with Crippen molar-refractivity contribution in [2.75, 3.05) is 0 Å². The largest absolute Gasteiger partial charge is 0.507 e. The first-order valence-corrected chi connectivity index (χ1v) is 4.63. The smallest absolute Gasteiger partial charge is 0.134 e. The summed E-state index contributed by atoms with van der Waals surface area (Å²) in [6.45, 7) is 0.833. The third-order valence-corrected chi connectivity index (χ3v) is 2.12. The van der Waals surface area contributed by atoms with E-state index in [0.717, 1.165) is 0 Å². The van der Waals surface area contributed by atoms with Crippen molar-refractivity contribution in [1.82, 2.24) is 0 Å². The van der Waals surface area contributed by atoms with Crippen molar-refractivity contribution in [3.05, 3.63) is 28.8 Å². The Bertz CT molecular complexity index is 346. The number of carbonyl (C=O) groups excluding carboxylic acids is 1. The molecule has 0 amide bonds. The highest BCUT2D eigenvalue weighted by Gasteiger charge is 2.09. The van der Waals surface area contributed by atoms with Crippen LogP contribution in [0.5, 0.6) is 5.75 Å². The zero-order valence-electron chi connectivity index (χ0n) is 8.53. The molecule has 3 N–H and O–H groups in total. The number of carbonyl (C=O) groups is 1. The molecule has 0 atom stereocenters. The van der Waals surface area contributed by atoms with Crippen LogP contribution in [0.1, 0.15) is 23.6 Å². The van der Waals surface area contributed by atoms with E-state index in [1.54, 1.807) is 12.1 Å². The third-order valence-electron chi connectivity index (χ3n) is 2.12. The first-order valence-electron chi connectivity index (χ1n) is 4.63. The summed E-state index contributed by atoms with van der Waals surface area (Å²) in [5, 5.41) is 27.5. The number of Topliss-reactive ketones (excluding diaryl/α,β-unsaturated/α-hetero) is 1. The fourth-order valence-electron chi connectivity index (χ4n) is 1.46. The van der Waals surface area contributed by atoms with Crippen LogP contribution < -0.4 is 0 Å². The predicted molar refractivity (Wildman–Crippen MR) is 54.3 cm³/mol. The molecule has 0 aliphatic rings. The molecule has 1 aromatic carbocycles. The van der Waals surface area contributed by atoms with Gasteiger partial charge in [-0.2, -0.15) is 0 Å². The maximum atomic E-state index is 10.9. The first-order chi connectivity index (χ1) is 7.08. The molecule has 4 nitrogen and oxygen atoms in total. The second kappa shape index (κ2) is 4.91. The summed E-state index contributed by atoms with van der Waals surface area (Å²) in [4.78, 5) is 10.9. The van der Waals surface area contributed by atoms with Gasteiger partial charge in [0.05, 0.1) is 13.2 Å². The van der Waals surface area contributed by atoms with Crippen LogP contribution in [0.4, 0.5) is 0 Å². The maximum Gasteiger partial charge on any atom is 0.134 e. The summed E-state index contributed by atoms with van der Waals surface area (Å²) >= 11 is 0. The lowest BCUT2D eigenvalue weighted by molar-refractivity contribution is -0.116. The van der Waals surface area contributed by atoms with Gasteiger partial charge in [0, 0.05) is 17.5 Å². The van der Waals surface area contributed by atoms with E-state index in [1.165, 1.54) is 6.92 Å². The molecule has 4 heteroatoms. The van der Waals surface area contributed by atoms with Crippen molar-refractivity contribution in [2.24, 2.45) is 0 Å². The fraction of sp³-hybridized carbons (Fsp3) is 0.364. The van der Waals surface area contributed by atoms with E-state index in [0.29, 0.717) is 16.7 Å².